The number of rotatable bonds is 9. The zero-order chi connectivity index (χ0) is 14.4. The average molecular weight is 298 g/mol. The van der Waals surface area contributed by atoms with Crippen LogP contribution in [-0.4, -0.2) is 41.7 Å². The highest BCUT2D eigenvalue weighted by atomic mass is 35.5. The maximum atomic E-state index is 10.6. The molecular formula is C15H20ClNO3. The van der Waals surface area contributed by atoms with Gasteiger partial charge in [0.1, 0.15) is 5.75 Å². The van der Waals surface area contributed by atoms with Crippen molar-refractivity contribution >= 4 is 17.6 Å². The molecule has 0 atom stereocenters. The number of aliphatic carboxylic acids is 1. The van der Waals surface area contributed by atoms with Gasteiger partial charge in [0.25, 0.3) is 0 Å². The Morgan fingerprint density at radius 1 is 1.30 bits per heavy atom. The van der Waals surface area contributed by atoms with Crippen LogP contribution in [0.1, 0.15) is 25.7 Å². The van der Waals surface area contributed by atoms with Crippen LogP contribution in [-0.2, 0) is 4.79 Å². The number of hydrogen-bond donors (Lipinski definition) is 1. The third kappa shape index (κ3) is 5.39. The van der Waals surface area contributed by atoms with Crippen molar-refractivity contribution in [1.82, 2.24) is 4.90 Å². The minimum atomic E-state index is -0.729. The summed E-state index contributed by atoms with van der Waals surface area (Å²) in [7, 11) is 0. The van der Waals surface area contributed by atoms with Crippen LogP contribution in [0.4, 0.5) is 0 Å². The fraction of sp³-hybridized carbons (Fsp3) is 0.533. The Morgan fingerprint density at radius 3 is 2.60 bits per heavy atom. The van der Waals surface area contributed by atoms with Crippen molar-refractivity contribution in [3.63, 3.8) is 0 Å². The molecule has 0 aromatic heterocycles. The fourth-order valence-electron chi connectivity index (χ4n) is 2.14. The lowest BCUT2D eigenvalue weighted by Crippen LogP contribution is -2.30. The molecule has 5 heteroatoms. The number of carbonyl (C=O) groups is 1. The predicted molar refractivity (Wildman–Crippen MR) is 78.4 cm³/mol. The van der Waals surface area contributed by atoms with E-state index in [0.717, 1.165) is 18.7 Å². The van der Waals surface area contributed by atoms with Gasteiger partial charge in [-0.3, -0.25) is 9.69 Å². The van der Waals surface area contributed by atoms with E-state index in [-0.39, 0.29) is 6.42 Å². The Morgan fingerprint density at radius 2 is 2.00 bits per heavy atom. The van der Waals surface area contributed by atoms with Crippen LogP contribution < -0.4 is 4.74 Å². The van der Waals surface area contributed by atoms with Crippen LogP contribution in [0, 0.1) is 0 Å². The van der Waals surface area contributed by atoms with Gasteiger partial charge < -0.3 is 9.84 Å². The summed E-state index contributed by atoms with van der Waals surface area (Å²) < 4.78 is 5.64. The Labute approximate surface area is 124 Å². The first-order valence-corrected chi connectivity index (χ1v) is 7.37. The van der Waals surface area contributed by atoms with Crippen molar-refractivity contribution in [2.24, 2.45) is 0 Å². The van der Waals surface area contributed by atoms with Crippen molar-refractivity contribution in [1.29, 1.82) is 0 Å². The van der Waals surface area contributed by atoms with Gasteiger partial charge in [-0.25, -0.2) is 0 Å². The Balaban J connectivity index is 1.65. The molecule has 1 N–H and O–H groups in total. The second-order valence-corrected chi connectivity index (χ2v) is 5.50. The predicted octanol–water partition coefficient (Wildman–Crippen LogP) is 3.05. The molecule has 0 spiro atoms. The topological polar surface area (TPSA) is 49.8 Å². The third-order valence-corrected chi connectivity index (χ3v) is 3.60. The number of benzene rings is 1. The second kappa shape index (κ2) is 7.50. The lowest BCUT2D eigenvalue weighted by atomic mass is 10.3. The summed E-state index contributed by atoms with van der Waals surface area (Å²) in [5.74, 6) is 0.0889. The number of carboxylic acid groups (broad SMARTS) is 1. The second-order valence-electron chi connectivity index (χ2n) is 5.07. The maximum Gasteiger partial charge on any atom is 0.304 e. The molecule has 0 amide bonds. The van der Waals surface area contributed by atoms with Crippen molar-refractivity contribution < 1.29 is 14.6 Å². The lowest BCUT2D eigenvalue weighted by molar-refractivity contribution is -0.137. The largest absolute Gasteiger partial charge is 0.494 e. The van der Waals surface area contributed by atoms with Crippen molar-refractivity contribution in [2.45, 2.75) is 31.7 Å². The van der Waals surface area contributed by atoms with Gasteiger partial charge in [-0.2, -0.15) is 0 Å². The highest BCUT2D eigenvalue weighted by Crippen LogP contribution is 2.27. The molecule has 4 nitrogen and oxygen atoms in total. The van der Waals surface area contributed by atoms with E-state index < -0.39 is 5.97 Å². The van der Waals surface area contributed by atoms with Crippen molar-refractivity contribution in [3.05, 3.63) is 29.3 Å². The molecule has 1 aromatic rings. The van der Waals surface area contributed by atoms with Crippen LogP contribution in [0.25, 0.3) is 0 Å². The summed E-state index contributed by atoms with van der Waals surface area (Å²) >= 11 is 5.81. The number of carboxylic acids is 1. The van der Waals surface area contributed by atoms with E-state index in [0.29, 0.717) is 24.2 Å². The summed E-state index contributed by atoms with van der Waals surface area (Å²) in [6, 6.07) is 7.90. The summed E-state index contributed by atoms with van der Waals surface area (Å²) in [6.07, 6.45) is 3.50. The first-order chi connectivity index (χ1) is 9.65. The monoisotopic (exact) mass is 297 g/mol. The molecule has 1 fully saturated rings. The molecule has 110 valence electrons. The van der Waals surface area contributed by atoms with Gasteiger partial charge in [-0.05, 0) is 43.5 Å². The molecule has 1 aliphatic carbocycles. The molecule has 2 rings (SSSR count). The summed E-state index contributed by atoms with van der Waals surface area (Å²) in [5.41, 5.74) is 0. The zero-order valence-corrected chi connectivity index (χ0v) is 12.2. The third-order valence-electron chi connectivity index (χ3n) is 3.35. The van der Waals surface area contributed by atoms with Gasteiger partial charge in [-0.1, -0.05) is 11.6 Å². The molecule has 1 saturated carbocycles. The normalized spacial score (nSPS) is 14.5. The van der Waals surface area contributed by atoms with E-state index >= 15 is 0 Å². The molecular weight excluding hydrogens is 278 g/mol. The molecule has 0 bridgehead atoms. The van der Waals surface area contributed by atoms with Crippen molar-refractivity contribution in [2.75, 3.05) is 19.7 Å². The molecule has 0 aliphatic heterocycles. The molecule has 0 saturated heterocycles. The minimum Gasteiger partial charge on any atom is -0.494 e. The first kappa shape index (κ1) is 15.1. The fourth-order valence-corrected chi connectivity index (χ4v) is 2.27. The average Bonchev–Trinajstić information content (AvgIpc) is 3.24. The zero-order valence-electron chi connectivity index (χ0n) is 11.4. The SMILES string of the molecule is O=C(O)CCN(CCCOc1ccc(Cl)cc1)C1CC1. The number of nitrogens with zero attached hydrogens (tertiary/aromatic N) is 1. The van der Waals surface area contributed by atoms with E-state index in [9.17, 15) is 4.79 Å². The minimum absolute atomic E-state index is 0.217. The van der Waals surface area contributed by atoms with E-state index in [2.05, 4.69) is 4.90 Å². The summed E-state index contributed by atoms with van der Waals surface area (Å²) in [4.78, 5) is 12.9. The van der Waals surface area contributed by atoms with Gasteiger partial charge in [0, 0.05) is 24.2 Å². The van der Waals surface area contributed by atoms with Crippen LogP contribution >= 0.6 is 11.6 Å². The van der Waals surface area contributed by atoms with Crippen LogP contribution in [0.3, 0.4) is 0 Å². The van der Waals surface area contributed by atoms with Crippen LogP contribution in [0.5, 0.6) is 5.75 Å². The van der Waals surface area contributed by atoms with Gasteiger partial charge in [-0.15, -0.1) is 0 Å². The number of halogens is 1. The van der Waals surface area contributed by atoms with Crippen LogP contribution in [0.2, 0.25) is 5.02 Å². The Kier molecular flexibility index (Phi) is 5.68. The first-order valence-electron chi connectivity index (χ1n) is 6.99. The lowest BCUT2D eigenvalue weighted by Gasteiger charge is -2.20. The highest BCUT2D eigenvalue weighted by molar-refractivity contribution is 6.30. The molecule has 0 radical (unpaired) electrons. The van der Waals surface area contributed by atoms with Gasteiger partial charge in [0.15, 0.2) is 0 Å². The molecule has 0 heterocycles. The van der Waals surface area contributed by atoms with Gasteiger partial charge >= 0.3 is 5.97 Å². The molecule has 1 aromatic carbocycles. The standard InChI is InChI=1S/C15H20ClNO3/c16-12-2-6-14(7-3-12)20-11-1-9-17(13-4-5-13)10-8-15(18)19/h2-3,6-7,13H,1,4-5,8-11H2,(H,18,19). The van der Waals surface area contributed by atoms with E-state index in [1.807, 2.05) is 12.1 Å². The number of hydrogen-bond acceptors (Lipinski definition) is 3. The number of ether oxygens (including phenoxy) is 1. The molecule has 1 aliphatic rings. The van der Waals surface area contributed by atoms with Gasteiger partial charge in [0.2, 0.25) is 0 Å². The highest BCUT2D eigenvalue weighted by Gasteiger charge is 2.28. The van der Waals surface area contributed by atoms with Crippen molar-refractivity contribution in [3.8, 4) is 5.75 Å². The maximum absolute atomic E-state index is 10.6. The quantitative estimate of drug-likeness (QED) is 0.712. The smallest absolute Gasteiger partial charge is 0.304 e. The van der Waals surface area contributed by atoms with E-state index in [1.165, 1.54) is 12.8 Å². The summed E-state index contributed by atoms with van der Waals surface area (Å²) in [6.45, 7) is 2.17. The van der Waals surface area contributed by atoms with Gasteiger partial charge in [0.05, 0.1) is 13.0 Å². The van der Waals surface area contributed by atoms with Crippen LogP contribution in [0.15, 0.2) is 24.3 Å². The Hall–Kier alpha value is -1.26. The van der Waals surface area contributed by atoms with E-state index in [1.54, 1.807) is 12.1 Å². The Bertz CT molecular complexity index is 431. The molecule has 20 heavy (non-hydrogen) atoms. The summed E-state index contributed by atoms with van der Waals surface area (Å²) in [5, 5.41) is 9.45. The van der Waals surface area contributed by atoms with E-state index in [4.69, 9.17) is 21.4 Å². The molecule has 0 unspecified atom stereocenters.